The van der Waals surface area contributed by atoms with E-state index < -0.39 is 0 Å². The first-order valence-corrected chi connectivity index (χ1v) is 6.49. The molecule has 0 saturated heterocycles. The molecular weight excluding hydrogens is 218 g/mol. The SMILES string of the molecule is c1cc2c(c(Oc3nccs3)c1)CCCC2. The summed E-state index contributed by atoms with van der Waals surface area (Å²) in [6.45, 7) is 0. The average Bonchev–Trinajstić information content (AvgIpc) is 2.82. The molecule has 3 rings (SSSR count). The van der Waals surface area contributed by atoms with Crippen molar-refractivity contribution in [1.29, 1.82) is 0 Å². The van der Waals surface area contributed by atoms with Crippen LogP contribution in [0.2, 0.25) is 0 Å². The second-order valence-electron chi connectivity index (χ2n) is 4.00. The van der Waals surface area contributed by atoms with Crippen LogP contribution < -0.4 is 4.74 Å². The standard InChI is InChI=1S/C13H13NOS/c1-2-6-11-10(4-1)5-3-7-12(11)15-13-14-8-9-16-13/h3,5,7-9H,1-2,4,6H2. The van der Waals surface area contributed by atoms with Crippen molar-refractivity contribution in [3.05, 3.63) is 40.9 Å². The highest BCUT2D eigenvalue weighted by Gasteiger charge is 2.14. The van der Waals surface area contributed by atoms with Crippen molar-refractivity contribution in [2.45, 2.75) is 25.7 Å². The Morgan fingerprint density at radius 1 is 1.19 bits per heavy atom. The Balaban J connectivity index is 1.94. The van der Waals surface area contributed by atoms with Gasteiger partial charge in [-0.25, -0.2) is 4.98 Å². The van der Waals surface area contributed by atoms with Gasteiger partial charge in [-0.3, -0.25) is 0 Å². The van der Waals surface area contributed by atoms with Gasteiger partial charge in [0.25, 0.3) is 5.19 Å². The first-order chi connectivity index (χ1) is 7.93. The maximum Gasteiger partial charge on any atom is 0.278 e. The zero-order valence-electron chi connectivity index (χ0n) is 8.98. The summed E-state index contributed by atoms with van der Waals surface area (Å²) in [5.41, 5.74) is 2.82. The topological polar surface area (TPSA) is 22.1 Å². The molecule has 0 atom stereocenters. The normalized spacial score (nSPS) is 14.5. The molecule has 0 fully saturated rings. The van der Waals surface area contributed by atoms with E-state index in [1.165, 1.54) is 41.7 Å². The Bertz CT molecular complexity index is 479. The summed E-state index contributed by atoms with van der Waals surface area (Å²) in [6.07, 6.45) is 6.66. The second-order valence-corrected chi connectivity index (χ2v) is 4.86. The van der Waals surface area contributed by atoms with Crippen LogP contribution in [0, 0.1) is 0 Å². The molecule has 0 aliphatic heterocycles. The Morgan fingerprint density at radius 3 is 3.00 bits per heavy atom. The smallest absolute Gasteiger partial charge is 0.278 e. The van der Waals surface area contributed by atoms with Gasteiger partial charge in [-0.15, -0.1) is 0 Å². The third kappa shape index (κ3) is 1.83. The Hall–Kier alpha value is -1.35. The van der Waals surface area contributed by atoms with Gasteiger partial charge in [0.15, 0.2) is 0 Å². The minimum atomic E-state index is 0.735. The van der Waals surface area contributed by atoms with Crippen LogP contribution in [-0.4, -0.2) is 4.98 Å². The van der Waals surface area contributed by atoms with E-state index in [0.29, 0.717) is 0 Å². The van der Waals surface area contributed by atoms with E-state index >= 15 is 0 Å². The van der Waals surface area contributed by atoms with Gasteiger partial charge in [0.05, 0.1) is 0 Å². The second kappa shape index (κ2) is 4.26. The van der Waals surface area contributed by atoms with E-state index in [2.05, 4.69) is 17.1 Å². The first-order valence-electron chi connectivity index (χ1n) is 5.61. The molecule has 2 aromatic rings. The molecular formula is C13H13NOS. The van der Waals surface area contributed by atoms with E-state index in [1.807, 2.05) is 11.4 Å². The third-order valence-corrected chi connectivity index (χ3v) is 3.61. The molecule has 16 heavy (non-hydrogen) atoms. The molecule has 3 heteroatoms. The molecule has 0 saturated carbocycles. The van der Waals surface area contributed by atoms with Crippen molar-refractivity contribution in [3.63, 3.8) is 0 Å². The lowest BCUT2D eigenvalue weighted by molar-refractivity contribution is 0.467. The number of aryl methyl sites for hydroxylation is 1. The molecule has 0 radical (unpaired) electrons. The fourth-order valence-corrected chi connectivity index (χ4v) is 2.69. The van der Waals surface area contributed by atoms with Gasteiger partial charge in [-0.1, -0.05) is 23.5 Å². The Labute approximate surface area is 98.9 Å². The quantitative estimate of drug-likeness (QED) is 0.784. The first kappa shape index (κ1) is 9.85. The predicted octanol–water partition coefficient (Wildman–Crippen LogP) is 3.81. The summed E-state index contributed by atoms with van der Waals surface area (Å²) < 4.78 is 5.82. The van der Waals surface area contributed by atoms with Gasteiger partial charge in [-0.05, 0) is 42.9 Å². The molecule has 0 spiro atoms. The van der Waals surface area contributed by atoms with Crippen LogP contribution in [0.25, 0.3) is 0 Å². The zero-order chi connectivity index (χ0) is 10.8. The molecule has 1 aromatic carbocycles. The number of hydrogen-bond acceptors (Lipinski definition) is 3. The molecule has 0 amide bonds. The van der Waals surface area contributed by atoms with Crippen molar-refractivity contribution >= 4 is 11.3 Å². The minimum Gasteiger partial charge on any atom is -0.431 e. The molecule has 0 unspecified atom stereocenters. The highest BCUT2D eigenvalue weighted by molar-refractivity contribution is 7.11. The van der Waals surface area contributed by atoms with Crippen LogP contribution >= 0.6 is 11.3 Å². The van der Waals surface area contributed by atoms with Crippen LogP contribution in [0.5, 0.6) is 10.9 Å². The van der Waals surface area contributed by atoms with E-state index in [-0.39, 0.29) is 0 Å². The molecule has 1 aliphatic rings. The van der Waals surface area contributed by atoms with Crippen molar-refractivity contribution in [1.82, 2.24) is 4.98 Å². The summed E-state index contributed by atoms with van der Waals surface area (Å²) in [6, 6.07) is 6.34. The highest BCUT2D eigenvalue weighted by atomic mass is 32.1. The number of benzene rings is 1. The lowest BCUT2D eigenvalue weighted by Crippen LogP contribution is -2.04. The number of rotatable bonds is 2. The van der Waals surface area contributed by atoms with Crippen molar-refractivity contribution in [2.24, 2.45) is 0 Å². The van der Waals surface area contributed by atoms with Crippen molar-refractivity contribution in [2.75, 3.05) is 0 Å². The average molecular weight is 231 g/mol. The molecule has 0 bridgehead atoms. The van der Waals surface area contributed by atoms with Gasteiger partial charge in [0.2, 0.25) is 0 Å². The predicted molar refractivity (Wildman–Crippen MR) is 65.3 cm³/mol. The van der Waals surface area contributed by atoms with Gasteiger partial charge in [-0.2, -0.15) is 0 Å². The molecule has 1 aromatic heterocycles. The molecule has 0 N–H and O–H groups in total. The van der Waals surface area contributed by atoms with Crippen LogP contribution in [0.3, 0.4) is 0 Å². The molecule has 1 aliphatic carbocycles. The van der Waals surface area contributed by atoms with Gasteiger partial charge in [0, 0.05) is 11.6 Å². The van der Waals surface area contributed by atoms with E-state index in [1.54, 1.807) is 6.20 Å². The number of nitrogens with zero attached hydrogens (tertiary/aromatic N) is 1. The molecule has 2 nitrogen and oxygen atoms in total. The molecule has 1 heterocycles. The summed E-state index contributed by atoms with van der Waals surface area (Å²) >= 11 is 1.54. The van der Waals surface area contributed by atoms with E-state index in [9.17, 15) is 0 Å². The lowest BCUT2D eigenvalue weighted by atomic mass is 9.91. The minimum absolute atomic E-state index is 0.735. The van der Waals surface area contributed by atoms with Gasteiger partial charge >= 0.3 is 0 Å². The highest BCUT2D eigenvalue weighted by Crippen LogP contribution is 2.33. The number of ether oxygens (including phenoxy) is 1. The Kier molecular flexibility index (Phi) is 2.62. The lowest BCUT2D eigenvalue weighted by Gasteiger charge is -2.18. The van der Waals surface area contributed by atoms with Crippen LogP contribution in [0.4, 0.5) is 0 Å². The summed E-state index contributed by atoms with van der Waals surface area (Å²) in [7, 11) is 0. The number of aromatic nitrogens is 1. The summed E-state index contributed by atoms with van der Waals surface area (Å²) in [5.74, 6) is 0.993. The number of thiazole rings is 1. The third-order valence-electron chi connectivity index (χ3n) is 2.96. The maximum atomic E-state index is 5.82. The van der Waals surface area contributed by atoms with Crippen molar-refractivity contribution < 1.29 is 4.74 Å². The summed E-state index contributed by atoms with van der Waals surface area (Å²) in [5, 5.41) is 2.67. The fourth-order valence-electron chi connectivity index (χ4n) is 2.20. The summed E-state index contributed by atoms with van der Waals surface area (Å²) in [4.78, 5) is 4.16. The molecule has 82 valence electrons. The van der Waals surface area contributed by atoms with Gasteiger partial charge in [0.1, 0.15) is 5.75 Å². The fraction of sp³-hybridized carbons (Fsp3) is 0.308. The van der Waals surface area contributed by atoms with Crippen LogP contribution in [0.1, 0.15) is 24.0 Å². The van der Waals surface area contributed by atoms with E-state index in [4.69, 9.17) is 4.74 Å². The van der Waals surface area contributed by atoms with Gasteiger partial charge < -0.3 is 4.74 Å². The maximum absolute atomic E-state index is 5.82. The zero-order valence-corrected chi connectivity index (χ0v) is 9.80. The largest absolute Gasteiger partial charge is 0.431 e. The van der Waals surface area contributed by atoms with Crippen LogP contribution in [0.15, 0.2) is 29.8 Å². The van der Waals surface area contributed by atoms with Crippen molar-refractivity contribution in [3.8, 4) is 10.9 Å². The number of hydrogen-bond donors (Lipinski definition) is 0. The monoisotopic (exact) mass is 231 g/mol. The van der Waals surface area contributed by atoms with Crippen LogP contribution in [-0.2, 0) is 12.8 Å². The number of fused-ring (bicyclic) bond motifs is 1. The Morgan fingerprint density at radius 2 is 2.12 bits per heavy atom. The van der Waals surface area contributed by atoms with E-state index in [0.717, 1.165) is 17.4 Å².